The van der Waals surface area contributed by atoms with Crippen molar-refractivity contribution in [2.45, 2.75) is 32.4 Å². The lowest BCUT2D eigenvalue weighted by Gasteiger charge is -2.15. The molecule has 10 heteroatoms. The van der Waals surface area contributed by atoms with Crippen molar-refractivity contribution in [2.75, 3.05) is 5.32 Å². The van der Waals surface area contributed by atoms with Crippen molar-refractivity contribution in [1.82, 2.24) is 10.5 Å². The van der Waals surface area contributed by atoms with Gasteiger partial charge >= 0.3 is 12.1 Å². The second-order valence-corrected chi connectivity index (χ2v) is 8.79. The lowest BCUT2D eigenvalue weighted by Crippen LogP contribution is -2.25. The Bertz CT molecular complexity index is 1480. The van der Waals surface area contributed by atoms with Gasteiger partial charge in [0.2, 0.25) is 0 Å². The molecular weight excluding hydrogens is 505 g/mol. The highest BCUT2D eigenvalue weighted by molar-refractivity contribution is 6.05. The lowest BCUT2D eigenvalue weighted by molar-refractivity contribution is -0.138. The summed E-state index contributed by atoms with van der Waals surface area (Å²) in [5, 5.41) is 18.7. The maximum atomic E-state index is 13.9. The zero-order valence-corrected chi connectivity index (χ0v) is 21.2. The molecule has 0 radical (unpaired) electrons. The molecule has 2 atom stereocenters. The molecule has 0 aliphatic heterocycles. The summed E-state index contributed by atoms with van der Waals surface area (Å²) in [7, 11) is 0. The molecule has 0 aliphatic carbocycles. The number of amides is 2. The Balaban J connectivity index is 1.39. The molecule has 3 N–H and O–H groups in total. The molecule has 0 spiro atoms. The predicted molar refractivity (Wildman–Crippen MR) is 141 cm³/mol. The average Bonchev–Trinajstić information content (AvgIpc) is 3.40. The molecule has 2 unspecified atom stereocenters. The van der Waals surface area contributed by atoms with E-state index in [1.807, 2.05) is 0 Å². The number of para-hydroxylation sites is 1. The van der Waals surface area contributed by atoms with Gasteiger partial charge in [0.1, 0.15) is 23.9 Å². The van der Waals surface area contributed by atoms with E-state index >= 15 is 0 Å². The number of nitrogens with zero attached hydrogens (tertiary/aromatic N) is 1. The Kier molecular flexibility index (Phi) is 8.35. The van der Waals surface area contributed by atoms with Crippen molar-refractivity contribution in [1.29, 1.82) is 0 Å². The summed E-state index contributed by atoms with van der Waals surface area (Å²) in [5.74, 6) is -2.65. The minimum atomic E-state index is -0.994. The number of carboxylic acid groups (broad SMARTS) is 1. The number of aliphatic carboxylic acids is 1. The number of alkyl carbamates (subject to hydrolysis) is 1. The molecule has 9 nitrogen and oxygen atoms in total. The number of carboxylic acids is 1. The lowest BCUT2D eigenvalue weighted by atomic mass is 9.99. The first-order chi connectivity index (χ1) is 18.7. The second-order valence-electron chi connectivity index (χ2n) is 8.79. The zero-order valence-electron chi connectivity index (χ0n) is 21.2. The number of aromatic nitrogens is 1. The van der Waals surface area contributed by atoms with E-state index in [9.17, 15) is 23.9 Å². The zero-order chi connectivity index (χ0) is 27.9. The van der Waals surface area contributed by atoms with E-state index in [2.05, 4.69) is 15.8 Å². The summed E-state index contributed by atoms with van der Waals surface area (Å²) >= 11 is 0. The van der Waals surface area contributed by atoms with Gasteiger partial charge in [0, 0.05) is 27.9 Å². The molecule has 0 bridgehead atoms. The van der Waals surface area contributed by atoms with Crippen LogP contribution in [0.25, 0.3) is 11.3 Å². The van der Waals surface area contributed by atoms with Crippen LogP contribution < -0.4 is 10.6 Å². The molecule has 1 heterocycles. The van der Waals surface area contributed by atoms with E-state index in [4.69, 9.17) is 9.26 Å². The Labute approximate surface area is 223 Å². The summed E-state index contributed by atoms with van der Waals surface area (Å²) in [6, 6.07) is 19.4. The highest BCUT2D eigenvalue weighted by Gasteiger charge is 2.20. The van der Waals surface area contributed by atoms with Crippen molar-refractivity contribution in [2.24, 2.45) is 0 Å². The van der Waals surface area contributed by atoms with E-state index < -0.39 is 35.8 Å². The van der Waals surface area contributed by atoms with E-state index in [0.717, 1.165) is 0 Å². The number of carbonyl (C=O) groups is 3. The number of carbonyl (C=O) groups excluding carboxylic acids is 2. The second kappa shape index (κ2) is 12.0. The summed E-state index contributed by atoms with van der Waals surface area (Å²) < 4.78 is 24.3. The number of rotatable bonds is 9. The van der Waals surface area contributed by atoms with Gasteiger partial charge in [-0.2, -0.15) is 0 Å². The Morgan fingerprint density at radius 1 is 0.974 bits per heavy atom. The molecular formula is C29H26FN3O6. The Morgan fingerprint density at radius 2 is 1.64 bits per heavy atom. The van der Waals surface area contributed by atoms with Gasteiger partial charge in [-0.25, -0.2) is 9.18 Å². The fourth-order valence-electron chi connectivity index (χ4n) is 3.95. The summed E-state index contributed by atoms with van der Waals surface area (Å²) in [5.41, 5.74) is 3.21. The summed E-state index contributed by atoms with van der Waals surface area (Å²) in [4.78, 5) is 36.5. The smallest absolute Gasteiger partial charge is 0.408 e. The highest BCUT2D eigenvalue weighted by atomic mass is 19.1. The van der Waals surface area contributed by atoms with Crippen LogP contribution in [0, 0.1) is 5.82 Å². The maximum absolute atomic E-state index is 13.9. The van der Waals surface area contributed by atoms with Crippen LogP contribution in [-0.2, 0) is 16.1 Å². The van der Waals surface area contributed by atoms with Crippen molar-refractivity contribution < 1.29 is 33.1 Å². The number of halogens is 1. The first-order valence-corrected chi connectivity index (χ1v) is 12.1. The molecule has 200 valence electrons. The number of ether oxygens (including phenoxy) is 1. The quantitative estimate of drug-likeness (QED) is 0.245. The molecule has 1 aromatic heterocycles. The third kappa shape index (κ3) is 6.48. The number of hydrogen-bond donors (Lipinski definition) is 3. The van der Waals surface area contributed by atoms with Crippen LogP contribution in [0.2, 0.25) is 0 Å². The van der Waals surface area contributed by atoms with Crippen LogP contribution in [0.3, 0.4) is 0 Å². The molecule has 39 heavy (non-hydrogen) atoms. The molecule has 0 saturated heterocycles. The molecule has 2 amide bonds. The number of benzene rings is 3. The minimum absolute atomic E-state index is 0.0441. The minimum Gasteiger partial charge on any atom is -0.481 e. The highest BCUT2D eigenvalue weighted by Crippen LogP contribution is 2.26. The van der Waals surface area contributed by atoms with Gasteiger partial charge in [-0.1, -0.05) is 53.7 Å². The van der Waals surface area contributed by atoms with Crippen LogP contribution in [0.4, 0.5) is 14.9 Å². The third-order valence-corrected chi connectivity index (χ3v) is 6.16. The van der Waals surface area contributed by atoms with E-state index in [1.54, 1.807) is 80.6 Å². The van der Waals surface area contributed by atoms with Gasteiger partial charge in [0.15, 0.2) is 0 Å². The molecule has 0 aliphatic rings. The van der Waals surface area contributed by atoms with Gasteiger partial charge in [0.25, 0.3) is 5.91 Å². The molecule has 4 aromatic rings. The summed E-state index contributed by atoms with van der Waals surface area (Å²) in [6.07, 6.45) is -0.134. The molecule has 4 rings (SSSR count). The van der Waals surface area contributed by atoms with Crippen LogP contribution in [0.15, 0.2) is 83.6 Å². The topological polar surface area (TPSA) is 131 Å². The van der Waals surface area contributed by atoms with Gasteiger partial charge in [0.05, 0.1) is 12.5 Å². The van der Waals surface area contributed by atoms with Gasteiger partial charge < -0.3 is 25.0 Å². The van der Waals surface area contributed by atoms with Crippen LogP contribution in [0.1, 0.15) is 52.9 Å². The Morgan fingerprint density at radius 3 is 2.33 bits per heavy atom. The molecule has 0 saturated carbocycles. The van der Waals surface area contributed by atoms with E-state index in [1.165, 1.54) is 12.3 Å². The standard InChI is InChI=1S/C29H26FN3O6/c1-17(28(35)36)22-7-4-6-10-25(22)32-27(34)20-13-11-19(12-14-20)26-21(16-38-33-26)15-31-29(37)39-18(2)23-8-3-5-9-24(23)30/h3-14,16-18H,15H2,1-2H3,(H,31,37)(H,32,34)(H,35,36). The fraction of sp³-hybridized carbons (Fsp3) is 0.172. The van der Waals surface area contributed by atoms with Gasteiger partial charge in [-0.3, -0.25) is 9.59 Å². The average molecular weight is 532 g/mol. The first kappa shape index (κ1) is 27.1. The number of anilines is 1. The van der Waals surface area contributed by atoms with Crippen LogP contribution in [-0.4, -0.2) is 28.2 Å². The summed E-state index contributed by atoms with van der Waals surface area (Å²) in [6.45, 7) is 3.17. The van der Waals surface area contributed by atoms with Crippen molar-refractivity contribution >= 4 is 23.7 Å². The first-order valence-electron chi connectivity index (χ1n) is 12.1. The number of nitrogens with one attached hydrogen (secondary N) is 2. The van der Waals surface area contributed by atoms with Crippen molar-refractivity contribution in [3.63, 3.8) is 0 Å². The SMILES string of the molecule is CC(OC(=O)NCc1conc1-c1ccc(C(=O)Nc2ccccc2C(C)C(=O)O)cc1)c1ccccc1F. The third-order valence-electron chi connectivity index (χ3n) is 6.16. The van der Waals surface area contributed by atoms with E-state index in [-0.39, 0.29) is 12.1 Å². The van der Waals surface area contributed by atoms with Crippen molar-refractivity contribution in [3.05, 3.63) is 107 Å². The van der Waals surface area contributed by atoms with Gasteiger partial charge in [-0.05, 0) is 43.7 Å². The largest absolute Gasteiger partial charge is 0.481 e. The normalized spacial score (nSPS) is 12.3. The van der Waals surface area contributed by atoms with E-state index in [0.29, 0.717) is 33.6 Å². The molecule has 0 fully saturated rings. The monoisotopic (exact) mass is 531 g/mol. The Hall–Kier alpha value is -4.99. The number of hydrogen-bond acceptors (Lipinski definition) is 6. The van der Waals surface area contributed by atoms with Crippen LogP contribution in [0.5, 0.6) is 0 Å². The van der Waals surface area contributed by atoms with Crippen molar-refractivity contribution in [3.8, 4) is 11.3 Å². The van der Waals surface area contributed by atoms with Gasteiger partial charge in [-0.15, -0.1) is 0 Å². The van der Waals surface area contributed by atoms with Crippen LogP contribution >= 0.6 is 0 Å². The molecule has 3 aromatic carbocycles. The predicted octanol–water partition coefficient (Wildman–Crippen LogP) is 5.91. The maximum Gasteiger partial charge on any atom is 0.408 e. The fourth-order valence-corrected chi connectivity index (χ4v) is 3.95.